The molecule has 1 unspecified atom stereocenters. The number of amides is 1. The molecule has 1 aromatic carbocycles. The predicted octanol–water partition coefficient (Wildman–Crippen LogP) is 2.65. The zero-order valence-corrected chi connectivity index (χ0v) is 12.7. The lowest BCUT2D eigenvalue weighted by molar-refractivity contribution is -0.127. The highest BCUT2D eigenvalue weighted by molar-refractivity contribution is 6.42. The van der Waals surface area contributed by atoms with Crippen molar-refractivity contribution in [2.75, 3.05) is 13.2 Å². The van der Waals surface area contributed by atoms with Gasteiger partial charge in [-0.15, -0.1) is 0 Å². The summed E-state index contributed by atoms with van der Waals surface area (Å²) < 4.78 is 5.51. The summed E-state index contributed by atoms with van der Waals surface area (Å²) in [6.07, 6.45) is 1.26. The SMILES string of the molecule is CC(Oc1ccc(Cl)c(Cl)c1)C(=O)NCC1(CO)CC1. The van der Waals surface area contributed by atoms with Crippen molar-refractivity contribution in [1.82, 2.24) is 5.32 Å². The molecule has 4 nitrogen and oxygen atoms in total. The molecule has 1 fully saturated rings. The lowest BCUT2D eigenvalue weighted by Crippen LogP contribution is -2.40. The van der Waals surface area contributed by atoms with E-state index >= 15 is 0 Å². The van der Waals surface area contributed by atoms with Crippen molar-refractivity contribution >= 4 is 29.1 Å². The number of carbonyl (C=O) groups excluding carboxylic acids is 1. The molecule has 0 heterocycles. The lowest BCUT2D eigenvalue weighted by Gasteiger charge is -2.17. The van der Waals surface area contributed by atoms with Gasteiger partial charge in [0.25, 0.3) is 5.91 Å². The topological polar surface area (TPSA) is 58.6 Å². The molecule has 1 aromatic rings. The third-order valence-corrected chi connectivity index (χ3v) is 4.24. The van der Waals surface area contributed by atoms with Crippen LogP contribution in [0, 0.1) is 5.41 Å². The average Bonchev–Trinajstić information content (AvgIpc) is 3.21. The number of ether oxygens (including phenoxy) is 1. The number of benzene rings is 1. The molecular formula is C14H17Cl2NO3. The van der Waals surface area contributed by atoms with Crippen LogP contribution in [0.5, 0.6) is 5.75 Å². The second kappa shape index (κ2) is 6.20. The van der Waals surface area contributed by atoms with Crippen LogP contribution in [0.25, 0.3) is 0 Å². The first-order valence-corrected chi connectivity index (χ1v) is 7.22. The summed E-state index contributed by atoms with van der Waals surface area (Å²) in [4.78, 5) is 11.9. The molecule has 0 bridgehead atoms. The third kappa shape index (κ3) is 3.78. The summed E-state index contributed by atoms with van der Waals surface area (Å²) in [5, 5.41) is 12.8. The summed E-state index contributed by atoms with van der Waals surface area (Å²) in [6.45, 7) is 2.25. The molecule has 2 rings (SSSR count). The van der Waals surface area contributed by atoms with Gasteiger partial charge in [-0.25, -0.2) is 0 Å². The smallest absolute Gasteiger partial charge is 0.260 e. The van der Waals surface area contributed by atoms with E-state index in [1.807, 2.05) is 0 Å². The Kier molecular flexibility index (Phi) is 4.78. The van der Waals surface area contributed by atoms with Crippen LogP contribution < -0.4 is 10.1 Å². The van der Waals surface area contributed by atoms with Crippen molar-refractivity contribution in [3.8, 4) is 5.75 Å². The van der Waals surface area contributed by atoms with E-state index in [-0.39, 0.29) is 17.9 Å². The number of aliphatic hydroxyl groups is 1. The molecule has 1 saturated carbocycles. The van der Waals surface area contributed by atoms with Crippen molar-refractivity contribution in [3.63, 3.8) is 0 Å². The second-order valence-corrected chi connectivity index (χ2v) is 6.03. The quantitative estimate of drug-likeness (QED) is 0.848. The maximum Gasteiger partial charge on any atom is 0.260 e. The number of carbonyl (C=O) groups is 1. The largest absolute Gasteiger partial charge is 0.481 e. The van der Waals surface area contributed by atoms with Gasteiger partial charge in [0.1, 0.15) is 5.75 Å². The average molecular weight is 318 g/mol. The van der Waals surface area contributed by atoms with E-state index in [4.69, 9.17) is 27.9 Å². The van der Waals surface area contributed by atoms with Crippen molar-refractivity contribution in [2.45, 2.75) is 25.9 Å². The first kappa shape index (κ1) is 15.4. The molecule has 20 heavy (non-hydrogen) atoms. The summed E-state index contributed by atoms with van der Waals surface area (Å²) in [7, 11) is 0. The van der Waals surface area contributed by atoms with Crippen molar-refractivity contribution in [2.24, 2.45) is 5.41 Å². The van der Waals surface area contributed by atoms with Gasteiger partial charge >= 0.3 is 0 Å². The monoisotopic (exact) mass is 317 g/mol. The van der Waals surface area contributed by atoms with E-state index in [0.717, 1.165) is 12.8 Å². The van der Waals surface area contributed by atoms with Crippen LogP contribution >= 0.6 is 23.2 Å². The molecular weight excluding hydrogens is 301 g/mol. The number of nitrogens with one attached hydrogen (secondary N) is 1. The summed E-state index contributed by atoms with van der Waals surface area (Å²) in [6, 6.07) is 4.85. The number of aliphatic hydroxyl groups excluding tert-OH is 1. The molecule has 6 heteroatoms. The minimum absolute atomic E-state index is 0.106. The fourth-order valence-electron chi connectivity index (χ4n) is 1.79. The number of hydrogen-bond acceptors (Lipinski definition) is 3. The summed E-state index contributed by atoms with van der Waals surface area (Å²) in [5.41, 5.74) is -0.112. The zero-order chi connectivity index (χ0) is 14.8. The molecule has 1 amide bonds. The van der Waals surface area contributed by atoms with Crippen LogP contribution in [-0.4, -0.2) is 30.3 Å². The van der Waals surface area contributed by atoms with Crippen LogP contribution in [0.15, 0.2) is 18.2 Å². The van der Waals surface area contributed by atoms with E-state index in [1.165, 1.54) is 0 Å². The van der Waals surface area contributed by atoms with Crippen molar-refractivity contribution in [1.29, 1.82) is 0 Å². The highest BCUT2D eigenvalue weighted by Gasteiger charge is 2.42. The Morgan fingerprint density at radius 1 is 1.45 bits per heavy atom. The minimum atomic E-state index is -0.637. The van der Waals surface area contributed by atoms with Crippen molar-refractivity contribution in [3.05, 3.63) is 28.2 Å². The normalized spacial score (nSPS) is 17.4. The molecule has 0 aliphatic heterocycles. The van der Waals surface area contributed by atoms with E-state index in [1.54, 1.807) is 25.1 Å². The number of rotatable bonds is 6. The van der Waals surface area contributed by atoms with Gasteiger partial charge in [0, 0.05) is 18.0 Å². The Hall–Kier alpha value is -0.970. The minimum Gasteiger partial charge on any atom is -0.481 e. The van der Waals surface area contributed by atoms with E-state index < -0.39 is 6.10 Å². The van der Waals surface area contributed by atoms with Gasteiger partial charge in [0.05, 0.1) is 16.7 Å². The van der Waals surface area contributed by atoms with Gasteiger partial charge in [-0.3, -0.25) is 4.79 Å². The fourth-order valence-corrected chi connectivity index (χ4v) is 2.08. The summed E-state index contributed by atoms with van der Waals surface area (Å²) >= 11 is 11.7. The first-order valence-electron chi connectivity index (χ1n) is 6.46. The summed E-state index contributed by atoms with van der Waals surface area (Å²) in [5.74, 6) is 0.279. The van der Waals surface area contributed by atoms with Crippen LogP contribution in [0.2, 0.25) is 10.0 Å². The lowest BCUT2D eigenvalue weighted by atomic mass is 10.1. The maximum atomic E-state index is 11.9. The second-order valence-electron chi connectivity index (χ2n) is 5.21. The van der Waals surface area contributed by atoms with Crippen LogP contribution in [0.1, 0.15) is 19.8 Å². The number of hydrogen-bond donors (Lipinski definition) is 2. The molecule has 0 aromatic heterocycles. The van der Waals surface area contributed by atoms with E-state index in [2.05, 4.69) is 5.32 Å². The molecule has 1 atom stereocenters. The Morgan fingerprint density at radius 3 is 2.70 bits per heavy atom. The molecule has 1 aliphatic carbocycles. The Labute approximate surface area is 128 Å². The first-order chi connectivity index (χ1) is 9.46. The molecule has 2 N–H and O–H groups in total. The van der Waals surface area contributed by atoms with Crippen LogP contribution in [0.4, 0.5) is 0 Å². The van der Waals surface area contributed by atoms with Gasteiger partial charge in [0.15, 0.2) is 6.10 Å². The van der Waals surface area contributed by atoms with Gasteiger partial charge < -0.3 is 15.2 Å². The van der Waals surface area contributed by atoms with Crippen LogP contribution in [-0.2, 0) is 4.79 Å². The Bertz CT molecular complexity index is 503. The molecule has 110 valence electrons. The highest BCUT2D eigenvalue weighted by Crippen LogP contribution is 2.44. The Balaban J connectivity index is 1.85. The van der Waals surface area contributed by atoms with Crippen molar-refractivity contribution < 1.29 is 14.6 Å². The van der Waals surface area contributed by atoms with Crippen LogP contribution in [0.3, 0.4) is 0 Å². The molecule has 0 spiro atoms. The van der Waals surface area contributed by atoms with Gasteiger partial charge in [0.2, 0.25) is 0 Å². The van der Waals surface area contributed by atoms with Gasteiger partial charge in [-0.1, -0.05) is 23.2 Å². The molecule has 0 radical (unpaired) electrons. The van der Waals surface area contributed by atoms with Gasteiger partial charge in [-0.2, -0.15) is 0 Å². The zero-order valence-electron chi connectivity index (χ0n) is 11.2. The third-order valence-electron chi connectivity index (χ3n) is 3.50. The van der Waals surface area contributed by atoms with E-state index in [9.17, 15) is 9.90 Å². The van der Waals surface area contributed by atoms with Gasteiger partial charge in [-0.05, 0) is 31.9 Å². The maximum absolute atomic E-state index is 11.9. The standard InChI is InChI=1S/C14H17Cl2NO3/c1-9(13(19)17-7-14(8-18)4-5-14)20-10-2-3-11(15)12(16)6-10/h2-3,6,9,18H,4-5,7-8H2,1H3,(H,17,19). The molecule has 0 saturated heterocycles. The Morgan fingerprint density at radius 2 is 2.15 bits per heavy atom. The van der Waals surface area contributed by atoms with E-state index in [0.29, 0.717) is 22.3 Å². The predicted molar refractivity (Wildman–Crippen MR) is 78.3 cm³/mol. The molecule has 1 aliphatic rings. The highest BCUT2D eigenvalue weighted by atomic mass is 35.5. The number of halogens is 2. The fraction of sp³-hybridized carbons (Fsp3) is 0.500.